The number of anilines is 2. The van der Waals surface area contributed by atoms with Gasteiger partial charge in [0.15, 0.2) is 5.13 Å². The van der Waals surface area contributed by atoms with Crippen LogP contribution in [0, 0.1) is 5.82 Å². The standard InChI is InChI=1S/C15H20FN3S/c1-4-10(2)14-13(9-17)20-15(18-14)19(3)12-7-5-11(16)6-8-12/h5-8,10H,4,9,17H2,1-3H3. The molecule has 1 heterocycles. The molecule has 2 N–H and O–H groups in total. The summed E-state index contributed by atoms with van der Waals surface area (Å²) in [6.45, 7) is 4.82. The molecule has 0 aliphatic carbocycles. The Balaban J connectivity index is 2.32. The summed E-state index contributed by atoms with van der Waals surface area (Å²) in [5.74, 6) is 0.171. The van der Waals surface area contributed by atoms with Crippen LogP contribution in [0.4, 0.5) is 15.2 Å². The van der Waals surface area contributed by atoms with Crippen LogP contribution >= 0.6 is 11.3 Å². The van der Waals surface area contributed by atoms with E-state index in [-0.39, 0.29) is 5.82 Å². The van der Waals surface area contributed by atoms with E-state index in [0.29, 0.717) is 12.5 Å². The molecule has 1 aromatic heterocycles. The Morgan fingerprint density at radius 1 is 1.35 bits per heavy atom. The van der Waals surface area contributed by atoms with E-state index < -0.39 is 0 Å². The van der Waals surface area contributed by atoms with Crippen molar-refractivity contribution in [2.24, 2.45) is 5.73 Å². The van der Waals surface area contributed by atoms with Gasteiger partial charge in [-0.1, -0.05) is 25.2 Å². The summed E-state index contributed by atoms with van der Waals surface area (Å²) in [6, 6.07) is 6.42. The second kappa shape index (κ2) is 6.33. The fourth-order valence-electron chi connectivity index (χ4n) is 1.99. The van der Waals surface area contributed by atoms with E-state index in [1.165, 1.54) is 12.1 Å². The second-order valence-corrected chi connectivity index (χ2v) is 5.92. The average molecular weight is 293 g/mol. The first-order valence-corrected chi connectivity index (χ1v) is 7.57. The lowest BCUT2D eigenvalue weighted by atomic mass is 10.0. The minimum absolute atomic E-state index is 0.232. The van der Waals surface area contributed by atoms with Crippen LogP contribution in [0.25, 0.3) is 0 Å². The Morgan fingerprint density at radius 2 is 2.00 bits per heavy atom. The van der Waals surface area contributed by atoms with Gasteiger partial charge in [-0.05, 0) is 36.6 Å². The number of hydrogen-bond acceptors (Lipinski definition) is 4. The molecule has 0 aliphatic heterocycles. The molecule has 0 radical (unpaired) electrons. The Labute approximate surface area is 123 Å². The molecule has 108 valence electrons. The third-order valence-corrected chi connectivity index (χ3v) is 4.65. The molecular formula is C15H20FN3S. The van der Waals surface area contributed by atoms with Gasteiger partial charge in [-0.15, -0.1) is 0 Å². The summed E-state index contributed by atoms with van der Waals surface area (Å²) in [7, 11) is 1.94. The van der Waals surface area contributed by atoms with Gasteiger partial charge in [0.2, 0.25) is 0 Å². The number of nitrogens with two attached hydrogens (primary N) is 1. The second-order valence-electron chi connectivity index (χ2n) is 4.85. The van der Waals surface area contributed by atoms with Crippen molar-refractivity contribution in [1.82, 2.24) is 4.98 Å². The molecule has 0 spiro atoms. The fraction of sp³-hybridized carbons (Fsp3) is 0.400. The highest BCUT2D eigenvalue weighted by Gasteiger charge is 2.17. The highest BCUT2D eigenvalue weighted by molar-refractivity contribution is 7.15. The highest BCUT2D eigenvalue weighted by Crippen LogP contribution is 2.34. The number of thiazole rings is 1. The lowest BCUT2D eigenvalue weighted by Crippen LogP contribution is -2.09. The van der Waals surface area contributed by atoms with Crippen LogP contribution in [0.3, 0.4) is 0 Å². The van der Waals surface area contributed by atoms with Crippen LogP contribution in [0.5, 0.6) is 0 Å². The Kier molecular flexibility index (Phi) is 4.73. The molecule has 0 saturated heterocycles. The quantitative estimate of drug-likeness (QED) is 0.905. The van der Waals surface area contributed by atoms with Crippen LogP contribution in [0.2, 0.25) is 0 Å². The molecule has 5 heteroatoms. The van der Waals surface area contributed by atoms with Gasteiger partial charge in [0.05, 0.1) is 5.69 Å². The Hall–Kier alpha value is -1.46. The summed E-state index contributed by atoms with van der Waals surface area (Å²) >= 11 is 1.61. The SMILES string of the molecule is CCC(C)c1nc(N(C)c2ccc(F)cc2)sc1CN. The predicted octanol–water partition coefficient (Wildman–Crippen LogP) is 4.02. The van der Waals surface area contributed by atoms with Crippen molar-refractivity contribution in [1.29, 1.82) is 0 Å². The third-order valence-electron chi connectivity index (χ3n) is 3.48. The first-order valence-electron chi connectivity index (χ1n) is 6.75. The normalized spacial score (nSPS) is 12.4. The van der Waals surface area contributed by atoms with Crippen LogP contribution in [-0.2, 0) is 6.54 Å². The van der Waals surface area contributed by atoms with E-state index in [1.807, 2.05) is 11.9 Å². The molecule has 20 heavy (non-hydrogen) atoms. The molecule has 1 aromatic carbocycles. The summed E-state index contributed by atoms with van der Waals surface area (Å²) in [6.07, 6.45) is 1.04. The molecule has 0 saturated carbocycles. The van der Waals surface area contributed by atoms with E-state index in [1.54, 1.807) is 23.5 Å². The first-order chi connectivity index (χ1) is 9.56. The molecule has 1 atom stereocenters. The molecule has 0 fully saturated rings. The van der Waals surface area contributed by atoms with Crippen molar-refractivity contribution in [2.75, 3.05) is 11.9 Å². The maximum atomic E-state index is 13.0. The first kappa shape index (κ1) is 14.9. The lowest BCUT2D eigenvalue weighted by molar-refractivity contribution is 0.628. The van der Waals surface area contributed by atoms with Gasteiger partial charge in [0, 0.05) is 24.2 Å². The largest absolute Gasteiger partial charge is 0.326 e. The minimum Gasteiger partial charge on any atom is -0.326 e. The predicted molar refractivity (Wildman–Crippen MR) is 83.2 cm³/mol. The number of rotatable bonds is 5. The van der Waals surface area contributed by atoms with Crippen LogP contribution in [0.1, 0.15) is 36.8 Å². The minimum atomic E-state index is -0.232. The molecule has 2 aromatic rings. The zero-order chi connectivity index (χ0) is 14.7. The van der Waals surface area contributed by atoms with Crippen molar-refractivity contribution < 1.29 is 4.39 Å². The summed E-state index contributed by atoms with van der Waals surface area (Å²) < 4.78 is 13.0. The van der Waals surface area contributed by atoms with E-state index in [9.17, 15) is 4.39 Å². The van der Waals surface area contributed by atoms with Gasteiger partial charge >= 0.3 is 0 Å². The molecule has 0 bridgehead atoms. The van der Waals surface area contributed by atoms with E-state index in [0.717, 1.165) is 27.8 Å². The molecule has 0 aliphatic rings. The average Bonchev–Trinajstić information content (AvgIpc) is 2.90. The Bertz CT molecular complexity index is 565. The number of halogens is 1. The van der Waals surface area contributed by atoms with Crippen molar-refractivity contribution in [3.63, 3.8) is 0 Å². The topological polar surface area (TPSA) is 42.2 Å². The van der Waals surface area contributed by atoms with Crippen molar-refractivity contribution in [3.05, 3.63) is 40.7 Å². The van der Waals surface area contributed by atoms with Gasteiger partial charge in [-0.2, -0.15) is 0 Å². The summed E-state index contributed by atoms with van der Waals surface area (Å²) in [5, 5.41) is 0.896. The molecule has 0 amide bonds. The van der Waals surface area contributed by atoms with Gasteiger partial charge in [-0.25, -0.2) is 9.37 Å². The zero-order valence-electron chi connectivity index (χ0n) is 12.1. The van der Waals surface area contributed by atoms with Crippen molar-refractivity contribution in [3.8, 4) is 0 Å². The van der Waals surface area contributed by atoms with Crippen LogP contribution in [-0.4, -0.2) is 12.0 Å². The van der Waals surface area contributed by atoms with Gasteiger partial charge in [-0.3, -0.25) is 0 Å². The van der Waals surface area contributed by atoms with E-state index in [2.05, 4.69) is 13.8 Å². The van der Waals surface area contributed by atoms with Crippen LogP contribution < -0.4 is 10.6 Å². The molecule has 3 nitrogen and oxygen atoms in total. The molecule has 2 rings (SSSR count). The number of benzene rings is 1. The molecular weight excluding hydrogens is 273 g/mol. The van der Waals surface area contributed by atoms with Gasteiger partial charge in [0.1, 0.15) is 5.82 Å². The smallest absolute Gasteiger partial charge is 0.190 e. The monoisotopic (exact) mass is 293 g/mol. The van der Waals surface area contributed by atoms with Crippen molar-refractivity contribution in [2.45, 2.75) is 32.7 Å². The van der Waals surface area contributed by atoms with Crippen LogP contribution in [0.15, 0.2) is 24.3 Å². The lowest BCUT2D eigenvalue weighted by Gasteiger charge is -2.15. The number of nitrogens with zero attached hydrogens (tertiary/aromatic N) is 2. The highest BCUT2D eigenvalue weighted by atomic mass is 32.1. The third kappa shape index (κ3) is 2.99. The zero-order valence-corrected chi connectivity index (χ0v) is 12.9. The Morgan fingerprint density at radius 3 is 2.55 bits per heavy atom. The van der Waals surface area contributed by atoms with Crippen molar-refractivity contribution >= 4 is 22.2 Å². The van der Waals surface area contributed by atoms with Gasteiger partial charge < -0.3 is 10.6 Å². The maximum Gasteiger partial charge on any atom is 0.190 e. The van der Waals surface area contributed by atoms with E-state index in [4.69, 9.17) is 10.7 Å². The summed E-state index contributed by atoms with van der Waals surface area (Å²) in [5.41, 5.74) is 7.82. The van der Waals surface area contributed by atoms with E-state index >= 15 is 0 Å². The van der Waals surface area contributed by atoms with Gasteiger partial charge in [0.25, 0.3) is 0 Å². The molecule has 1 unspecified atom stereocenters. The fourth-order valence-corrected chi connectivity index (χ4v) is 3.04. The summed E-state index contributed by atoms with van der Waals surface area (Å²) in [4.78, 5) is 7.82. The number of hydrogen-bond donors (Lipinski definition) is 1. The number of aromatic nitrogens is 1. The maximum absolute atomic E-state index is 13.0.